The molecule has 0 spiro atoms. The highest BCUT2D eigenvalue weighted by Crippen LogP contribution is 2.40. The van der Waals surface area contributed by atoms with Crippen LogP contribution in [0.25, 0.3) is 5.65 Å². The minimum atomic E-state index is 0.365. The van der Waals surface area contributed by atoms with Crippen LogP contribution in [0.5, 0.6) is 0 Å². The number of nitrogens with zero attached hydrogens (tertiary/aromatic N) is 2. The second-order valence-electron chi connectivity index (χ2n) is 6.49. The molecular weight excluding hydrogens is 291 g/mol. The molecule has 0 fully saturated rings. The lowest BCUT2D eigenvalue weighted by Crippen LogP contribution is -2.29. The minimum Gasteiger partial charge on any atom is -0.301 e. The molecule has 0 saturated carbocycles. The molecule has 0 aromatic carbocycles. The summed E-state index contributed by atoms with van der Waals surface area (Å²) in [5.41, 5.74) is 3.69. The Balaban J connectivity index is 2.09. The van der Waals surface area contributed by atoms with Gasteiger partial charge in [-0.05, 0) is 36.7 Å². The zero-order valence-corrected chi connectivity index (χ0v) is 13.7. The van der Waals surface area contributed by atoms with Crippen LogP contribution in [0.2, 0.25) is 10.0 Å². The number of aryl methyl sites for hydroxylation is 1. The number of aromatic nitrogens is 2. The molecule has 2 aromatic rings. The van der Waals surface area contributed by atoms with Crippen LogP contribution in [0, 0.1) is 11.3 Å². The van der Waals surface area contributed by atoms with Crippen LogP contribution >= 0.6 is 23.2 Å². The maximum absolute atomic E-state index is 6.27. The monoisotopic (exact) mass is 310 g/mol. The van der Waals surface area contributed by atoms with Crippen LogP contribution in [0.4, 0.5) is 0 Å². The van der Waals surface area contributed by atoms with Crippen molar-refractivity contribution in [3.8, 4) is 0 Å². The maximum Gasteiger partial charge on any atom is 0.156 e. The van der Waals surface area contributed by atoms with Gasteiger partial charge in [-0.1, -0.05) is 50.4 Å². The first-order valence-corrected chi connectivity index (χ1v) is 8.03. The minimum absolute atomic E-state index is 0.365. The van der Waals surface area contributed by atoms with Crippen molar-refractivity contribution in [2.75, 3.05) is 0 Å². The quantitative estimate of drug-likeness (QED) is 0.747. The average Bonchev–Trinajstić information content (AvgIpc) is 2.77. The van der Waals surface area contributed by atoms with Gasteiger partial charge < -0.3 is 4.40 Å². The van der Waals surface area contributed by atoms with Crippen molar-refractivity contribution in [2.24, 2.45) is 11.3 Å². The third kappa shape index (κ3) is 2.23. The van der Waals surface area contributed by atoms with Gasteiger partial charge in [0.1, 0.15) is 0 Å². The standard InChI is InChI=1S/C16H20Cl2N2/c1-4-16(2,3)10-5-6-13-14(7-10)20-9-11(17)8-12(18)15(20)19-13/h8-10H,4-7H2,1-3H3. The number of fused-ring (bicyclic) bond motifs is 3. The van der Waals surface area contributed by atoms with Crippen molar-refractivity contribution in [1.82, 2.24) is 9.38 Å². The zero-order valence-electron chi connectivity index (χ0n) is 12.2. The van der Waals surface area contributed by atoms with Gasteiger partial charge in [0.25, 0.3) is 0 Å². The van der Waals surface area contributed by atoms with Crippen molar-refractivity contribution in [2.45, 2.75) is 46.5 Å². The number of hydrogen-bond donors (Lipinski definition) is 0. The van der Waals surface area contributed by atoms with Crippen LogP contribution in [-0.4, -0.2) is 9.38 Å². The maximum atomic E-state index is 6.27. The summed E-state index contributed by atoms with van der Waals surface area (Å²) >= 11 is 12.4. The molecule has 3 rings (SSSR count). The van der Waals surface area contributed by atoms with E-state index in [0.717, 1.165) is 18.5 Å². The Bertz CT molecular complexity index is 658. The summed E-state index contributed by atoms with van der Waals surface area (Å²) in [5.74, 6) is 0.692. The van der Waals surface area contributed by atoms with Crippen molar-refractivity contribution >= 4 is 28.8 Å². The van der Waals surface area contributed by atoms with Gasteiger partial charge in [-0.25, -0.2) is 4.98 Å². The summed E-state index contributed by atoms with van der Waals surface area (Å²) in [6.07, 6.45) is 6.46. The first-order chi connectivity index (χ1) is 9.42. The summed E-state index contributed by atoms with van der Waals surface area (Å²) in [6, 6.07) is 1.77. The molecule has 2 aromatic heterocycles. The first-order valence-electron chi connectivity index (χ1n) is 7.27. The van der Waals surface area contributed by atoms with Crippen molar-refractivity contribution in [1.29, 1.82) is 0 Å². The number of pyridine rings is 1. The van der Waals surface area contributed by atoms with Gasteiger partial charge in [0, 0.05) is 11.9 Å². The fourth-order valence-electron chi connectivity index (χ4n) is 3.19. The topological polar surface area (TPSA) is 17.3 Å². The smallest absolute Gasteiger partial charge is 0.156 e. The van der Waals surface area contributed by atoms with E-state index >= 15 is 0 Å². The van der Waals surface area contributed by atoms with Crippen LogP contribution in [-0.2, 0) is 12.8 Å². The molecular formula is C16H20Cl2N2. The Morgan fingerprint density at radius 1 is 1.40 bits per heavy atom. The molecule has 2 heterocycles. The van der Waals surface area contributed by atoms with E-state index in [2.05, 4.69) is 25.2 Å². The van der Waals surface area contributed by atoms with E-state index in [4.69, 9.17) is 28.2 Å². The third-order valence-corrected chi connectivity index (χ3v) is 5.49. The summed E-state index contributed by atoms with van der Waals surface area (Å²) < 4.78 is 2.10. The van der Waals surface area contributed by atoms with Gasteiger partial charge in [-0.2, -0.15) is 0 Å². The summed E-state index contributed by atoms with van der Waals surface area (Å²) in [4.78, 5) is 4.71. The predicted molar refractivity (Wildman–Crippen MR) is 84.8 cm³/mol. The summed E-state index contributed by atoms with van der Waals surface area (Å²) in [7, 11) is 0. The van der Waals surface area contributed by atoms with E-state index in [1.807, 2.05) is 6.20 Å². The number of halogens is 2. The lowest BCUT2D eigenvalue weighted by Gasteiger charge is -2.36. The molecule has 0 aliphatic heterocycles. The molecule has 0 amide bonds. The van der Waals surface area contributed by atoms with Gasteiger partial charge >= 0.3 is 0 Å². The second kappa shape index (κ2) is 4.92. The Labute approximate surface area is 130 Å². The fourth-order valence-corrected chi connectivity index (χ4v) is 3.70. The van der Waals surface area contributed by atoms with Crippen molar-refractivity contribution < 1.29 is 0 Å². The normalized spacial score (nSPS) is 19.4. The highest BCUT2D eigenvalue weighted by molar-refractivity contribution is 6.36. The fraction of sp³-hybridized carbons (Fsp3) is 0.562. The Morgan fingerprint density at radius 2 is 2.15 bits per heavy atom. The highest BCUT2D eigenvalue weighted by Gasteiger charge is 2.33. The largest absolute Gasteiger partial charge is 0.301 e. The first kappa shape index (κ1) is 14.2. The molecule has 0 bridgehead atoms. The molecule has 20 heavy (non-hydrogen) atoms. The molecule has 0 N–H and O–H groups in total. The summed E-state index contributed by atoms with van der Waals surface area (Å²) in [5, 5.41) is 1.30. The Kier molecular flexibility index (Phi) is 3.50. The van der Waals surface area contributed by atoms with E-state index in [0.29, 0.717) is 21.4 Å². The number of rotatable bonds is 2. The average molecular weight is 311 g/mol. The van der Waals surface area contributed by atoms with Crippen LogP contribution < -0.4 is 0 Å². The molecule has 1 aliphatic carbocycles. The zero-order chi connectivity index (χ0) is 14.5. The molecule has 2 nitrogen and oxygen atoms in total. The highest BCUT2D eigenvalue weighted by atomic mass is 35.5. The molecule has 4 heteroatoms. The van der Waals surface area contributed by atoms with Gasteiger partial charge in [0.15, 0.2) is 5.65 Å². The molecule has 1 atom stereocenters. The third-order valence-electron chi connectivity index (χ3n) is 5.01. The molecule has 108 valence electrons. The lowest BCUT2D eigenvalue weighted by molar-refractivity contribution is 0.180. The molecule has 0 radical (unpaired) electrons. The van der Waals surface area contributed by atoms with Crippen molar-refractivity contribution in [3.63, 3.8) is 0 Å². The van der Waals surface area contributed by atoms with E-state index < -0.39 is 0 Å². The Hall–Kier alpha value is -0.730. The lowest BCUT2D eigenvalue weighted by atomic mass is 9.70. The molecule has 0 saturated heterocycles. The number of imidazole rings is 1. The van der Waals surface area contributed by atoms with E-state index in [1.165, 1.54) is 24.2 Å². The SMILES string of the molecule is CCC(C)(C)C1CCc2nc3c(Cl)cc(Cl)cn3c2C1. The van der Waals surface area contributed by atoms with Crippen LogP contribution in [0.15, 0.2) is 12.3 Å². The summed E-state index contributed by atoms with van der Waals surface area (Å²) in [6.45, 7) is 7.01. The molecule has 1 aliphatic rings. The predicted octanol–water partition coefficient (Wildman–Crippen LogP) is 5.18. The second-order valence-corrected chi connectivity index (χ2v) is 7.33. The van der Waals surface area contributed by atoms with Gasteiger partial charge in [-0.15, -0.1) is 0 Å². The van der Waals surface area contributed by atoms with Gasteiger partial charge in [0.2, 0.25) is 0 Å². The Morgan fingerprint density at radius 3 is 2.85 bits per heavy atom. The number of hydrogen-bond acceptors (Lipinski definition) is 1. The molecule has 1 unspecified atom stereocenters. The van der Waals surface area contributed by atoms with E-state index in [9.17, 15) is 0 Å². The van der Waals surface area contributed by atoms with Gasteiger partial charge in [-0.3, -0.25) is 0 Å². The van der Waals surface area contributed by atoms with Crippen molar-refractivity contribution in [3.05, 3.63) is 33.7 Å². The van der Waals surface area contributed by atoms with Crippen LogP contribution in [0.1, 0.15) is 45.0 Å². The van der Waals surface area contributed by atoms with Crippen LogP contribution in [0.3, 0.4) is 0 Å². The van der Waals surface area contributed by atoms with E-state index in [-0.39, 0.29) is 0 Å². The van der Waals surface area contributed by atoms with E-state index in [1.54, 1.807) is 6.07 Å². The van der Waals surface area contributed by atoms with Gasteiger partial charge in [0.05, 0.1) is 15.7 Å².